The second-order valence-electron chi connectivity index (χ2n) is 1.77. The summed E-state index contributed by atoms with van der Waals surface area (Å²) in [6.07, 6.45) is 1.78. The smallest absolute Gasteiger partial charge is 0.309 e. The van der Waals surface area contributed by atoms with E-state index in [2.05, 4.69) is 4.98 Å². The van der Waals surface area contributed by atoms with Crippen LogP contribution in [0.2, 0.25) is 0 Å². The van der Waals surface area contributed by atoms with Crippen molar-refractivity contribution in [1.29, 1.82) is 0 Å². The van der Waals surface area contributed by atoms with E-state index in [0.29, 0.717) is 0 Å². The van der Waals surface area contributed by atoms with Crippen LogP contribution in [-0.4, -0.2) is 16.1 Å². The van der Waals surface area contributed by atoms with Crippen molar-refractivity contribution < 1.29 is 9.90 Å². The number of halogens is 1. The van der Waals surface area contributed by atoms with Gasteiger partial charge in [-0.2, -0.15) is 0 Å². The molecule has 0 aromatic carbocycles. The summed E-state index contributed by atoms with van der Waals surface area (Å²) in [4.78, 5) is 12.8. The molecule has 0 aliphatic heterocycles. The van der Waals surface area contributed by atoms with E-state index in [0.717, 1.165) is 5.69 Å². The molecule has 56 valence electrons. The van der Waals surface area contributed by atoms with E-state index in [1.165, 1.54) is 0 Å². The molecule has 0 fully saturated rings. The highest BCUT2D eigenvalue weighted by molar-refractivity contribution is 8.93. The van der Waals surface area contributed by atoms with Crippen LogP contribution >= 0.6 is 17.0 Å². The second kappa shape index (κ2) is 4.11. The van der Waals surface area contributed by atoms with Crippen LogP contribution in [0.1, 0.15) is 5.69 Å². The first-order valence-electron chi connectivity index (χ1n) is 2.63. The van der Waals surface area contributed by atoms with E-state index in [1.54, 1.807) is 18.3 Å². The fourth-order valence-electron chi connectivity index (χ4n) is 0.640. The van der Waals surface area contributed by atoms with Crippen molar-refractivity contribution >= 4 is 23.0 Å². The molecule has 1 heterocycles. The predicted octanol–water partition coefficient (Wildman–Crippen LogP) is 1.22. The molecule has 1 aromatic heterocycles. The molecule has 0 saturated carbocycles. The Hall–Kier alpha value is -0.770. The molecule has 0 radical (unpaired) electrons. The summed E-state index contributed by atoms with van der Waals surface area (Å²) in [6, 6.07) is 3.52. The standard InChI is InChI=1S/C6H7NO2.BrH/c8-6(9)4-5-2-1-3-7-5;/h1-3,7H,4H2,(H,8,9);1H. The Morgan fingerprint density at radius 1 is 1.70 bits per heavy atom. The average molecular weight is 206 g/mol. The Kier molecular flexibility index (Phi) is 3.79. The molecule has 0 aliphatic carbocycles. The lowest BCUT2D eigenvalue weighted by Crippen LogP contribution is -1.99. The first-order valence-corrected chi connectivity index (χ1v) is 2.63. The minimum absolute atomic E-state index is 0. The molecule has 0 bridgehead atoms. The van der Waals surface area contributed by atoms with Gasteiger partial charge in [-0.25, -0.2) is 0 Å². The van der Waals surface area contributed by atoms with Crippen LogP contribution in [0.3, 0.4) is 0 Å². The van der Waals surface area contributed by atoms with Gasteiger partial charge >= 0.3 is 5.97 Å². The summed E-state index contributed by atoms with van der Waals surface area (Å²) in [6.45, 7) is 0. The van der Waals surface area contributed by atoms with Crippen LogP contribution in [0.25, 0.3) is 0 Å². The molecule has 2 N–H and O–H groups in total. The minimum Gasteiger partial charge on any atom is -0.481 e. The zero-order chi connectivity index (χ0) is 6.69. The van der Waals surface area contributed by atoms with Crippen LogP contribution < -0.4 is 0 Å². The largest absolute Gasteiger partial charge is 0.481 e. The normalized spacial score (nSPS) is 8.40. The highest BCUT2D eigenvalue weighted by Crippen LogP contribution is 1.94. The number of hydrogen-bond donors (Lipinski definition) is 2. The molecule has 0 spiro atoms. The first kappa shape index (κ1) is 9.23. The molecule has 0 saturated heterocycles. The number of aromatic amines is 1. The highest BCUT2D eigenvalue weighted by atomic mass is 79.9. The third-order valence-electron chi connectivity index (χ3n) is 1.00. The van der Waals surface area contributed by atoms with E-state index >= 15 is 0 Å². The number of hydrogen-bond acceptors (Lipinski definition) is 1. The number of carboxylic acid groups (broad SMARTS) is 1. The van der Waals surface area contributed by atoms with Gasteiger partial charge in [0.05, 0.1) is 6.42 Å². The van der Waals surface area contributed by atoms with Gasteiger partial charge in [-0.1, -0.05) is 0 Å². The fraction of sp³-hybridized carbons (Fsp3) is 0.167. The second-order valence-corrected chi connectivity index (χ2v) is 1.77. The molecular weight excluding hydrogens is 198 g/mol. The summed E-state index contributed by atoms with van der Waals surface area (Å²) in [7, 11) is 0. The SMILES string of the molecule is Br.O=C(O)Cc1ccc[nH]1. The van der Waals surface area contributed by atoms with Gasteiger partial charge < -0.3 is 10.1 Å². The van der Waals surface area contributed by atoms with Gasteiger partial charge in [0.25, 0.3) is 0 Å². The quantitative estimate of drug-likeness (QED) is 0.764. The molecule has 0 atom stereocenters. The zero-order valence-electron chi connectivity index (χ0n) is 5.20. The van der Waals surface area contributed by atoms with E-state index < -0.39 is 5.97 Å². The lowest BCUT2D eigenvalue weighted by molar-refractivity contribution is -0.136. The van der Waals surface area contributed by atoms with Crippen LogP contribution in [0.4, 0.5) is 0 Å². The molecule has 0 aliphatic rings. The number of aliphatic carboxylic acids is 1. The summed E-state index contributed by atoms with van der Waals surface area (Å²) in [5.74, 6) is -0.808. The van der Waals surface area contributed by atoms with Gasteiger partial charge in [0.15, 0.2) is 0 Å². The van der Waals surface area contributed by atoms with Crippen molar-refractivity contribution in [1.82, 2.24) is 4.98 Å². The number of carboxylic acids is 1. The lowest BCUT2D eigenvalue weighted by atomic mass is 10.3. The van der Waals surface area contributed by atoms with Gasteiger partial charge in [-0.15, -0.1) is 17.0 Å². The monoisotopic (exact) mass is 205 g/mol. The van der Waals surface area contributed by atoms with Crippen molar-refractivity contribution in [3.05, 3.63) is 24.0 Å². The molecule has 4 heteroatoms. The maximum absolute atomic E-state index is 10.0. The van der Waals surface area contributed by atoms with Crippen molar-refractivity contribution in [3.8, 4) is 0 Å². The molecule has 10 heavy (non-hydrogen) atoms. The zero-order valence-corrected chi connectivity index (χ0v) is 6.92. The molecule has 1 rings (SSSR count). The topological polar surface area (TPSA) is 53.1 Å². The molecule has 1 aromatic rings. The maximum atomic E-state index is 10.0. The van der Waals surface area contributed by atoms with E-state index in [-0.39, 0.29) is 23.4 Å². The number of H-pyrrole nitrogens is 1. The van der Waals surface area contributed by atoms with Crippen LogP contribution in [0.5, 0.6) is 0 Å². The number of nitrogens with one attached hydrogen (secondary N) is 1. The molecule has 0 unspecified atom stereocenters. The molecular formula is C6H8BrNO2. The average Bonchev–Trinajstić information content (AvgIpc) is 2.15. The summed E-state index contributed by atoms with van der Waals surface area (Å²) >= 11 is 0. The third kappa shape index (κ3) is 2.68. The fourth-order valence-corrected chi connectivity index (χ4v) is 0.640. The van der Waals surface area contributed by atoms with Crippen LogP contribution in [0.15, 0.2) is 18.3 Å². The van der Waals surface area contributed by atoms with E-state index in [9.17, 15) is 4.79 Å². The predicted molar refractivity (Wildman–Crippen MR) is 42.5 cm³/mol. The Balaban J connectivity index is 0.000000810. The Morgan fingerprint density at radius 3 is 2.80 bits per heavy atom. The van der Waals surface area contributed by atoms with Crippen molar-refractivity contribution in [2.24, 2.45) is 0 Å². The molecule has 3 nitrogen and oxygen atoms in total. The van der Waals surface area contributed by atoms with Gasteiger partial charge in [0, 0.05) is 11.9 Å². The first-order chi connectivity index (χ1) is 4.29. The lowest BCUT2D eigenvalue weighted by Gasteiger charge is -1.86. The Bertz CT molecular complexity index is 196. The third-order valence-corrected chi connectivity index (χ3v) is 1.00. The summed E-state index contributed by atoms with van der Waals surface area (Å²) < 4.78 is 0. The van der Waals surface area contributed by atoms with Crippen LogP contribution in [-0.2, 0) is 11.2 Å². The van der Waals surface area contributed by atoms with Gasteiger partial charge in [-0.05, 0) is 12.1 Å². The summed E-state index contributed by atoms with van der Waals surface area (Å²) in [5.41, 5.74) is 0.738. The van der Waals surface area contributed by atoms with Gasteiger partial charge in [-0.3, -0.25) is 4.79 Å². The maximum Gasteiger partial charge on any atom is 0.309 e. The summed E-state index contributed by atoms with van der Waals surface area (Å²) in [5, 5.41) is 8.27. The van der Waals surface area contributed by atoms with Gasteiger partial charge in [0.2, 0.25) is 0 Å². The van der Waals surface area contributed by atoms with Crippen molar-refractivity contribution in [2.45, 2.75) is 6.42 Å². The Morgan fingerprint density at radius 2 is 2.40 bits per heavy atom. The number of aromatic nitrogens is 1. The number of carbonyl (C=O) groups is 1. The Labute approximate surface area is 68.8 Å². The van der Waals surface area contributed by atoms with Crippen LogP contribution in [0, 0.1) is 0 Å². The van der Waals surface area contributed by atoms with Gasteiger partial charge in [0.1, 0.15) is 0 Å². The minimum atomic E-state index is -0.808. The highest BCUT2D eigenvalue weighted by Gasteiger charge is 1.97. The van der Waals surface area contributed by atoms with Crippen molar-refractivity contribution in [2.75, 3.05) is 0 Å². The number of rotatable bonds is 2. The molecule has 0 amide bonds. The van der Waals surface area contributed by atoms with E-state index in [1.807, 2.05) is 0 Å². The van der Waals surface area contributed by atoms with Crippen molar-refractivity contribution in [3.63, 3.8) is 0 Å². The van der Waals surface area contributed by atoms with E-state index in [4.69, 9.17) is 5.11 Å².